The van der Waals surface area contributed by atoms with Crippen molar-refractivity contribution in [1.82, 2.24) is 4.90 Å². The summed E-state index contributed by atoms with van der Waals surface area (Å²) in [5.41, 5.74) is 1.42. The maximum atomic E-state index is 13.9. The van der Waals surface area contributed by atoms with Gasteiger partial charge in [-0.2, -0.15) is 0 Å². The SMILES string of the molecule is C[C@H](C(=O)Nc1ccc(Br)cc1)N1CCN(c2ccccc2F)CC1. The molecule has 4 nitrogen and oxygen atoms in total. The summed E-state index contributed by atoms with van der Waals surface area (Å²) in [4.78, 5) is 16.6. The van der Waals surface area contributed by atoms with Crippen LogP contribution in [0, 0.1) is 5.82 Å². The predicted octanol–water partition coefficient (Wildman–Crippen LogP) is 3.74. The van der Waals surface area contributed by atoms with Crippen LogP contribution >= 0.6 is 15.9 Å². The fourth-order valence-electron chi connectivity index (χ4n) is 3.00. The van der Waals surface area contributed by atoms with E-state index in [-0.39, 0.29) is 17.8 Å². The van der Waals surface area contributed by atoms with Gasteiger partial charge in [-0.25, -0.2) is 4.39 Å². The number of para-hydroxylation sites is 1. The summed E-state index contributed by atoms with van der Waals surface area (Å²) >= 11 is 3.38. The van der Waals surface area contributed by atoms with Gasteiger partial charge < -0.3 is 10.2 Å². The molecule has 0 unspecified atom stereocenters. The van der Waals surface area contributed by atoms with Crippen LogP contribution in [0.25, 0.3) is 0 Å². The van der Waals surface area contributed by atoms with E-state index in [0.29, 0.717) is 18.8 Å². The lowest BCUT2D eigenvalue weighted by atomic mass is 10.2. The van der Waals surface area contributed by atoms with Crippen LogP contribution in [0.15, 0.2) is 53.0 Å². The first kappa shape index (κ1) is 17.9. The van der Waals surface area contributed by atoms with Gasteiger partial charge in [-0.05, 0) is 43.3 Å². The molecule has 132 valence electrons. The standard InChI is InChI=1S/C19H21BrFN3O/c1-14(19(25)22-16-8-6-15(20)7-9-16)23-10-12-24(13-11-23)18-5-3-2-4-17(18)21/h2-9,14H,10-13H2,1H3,(H,22,25)/t14-/m1/s1. The average molecular weight is 406 g/mol. The monoisotopic (exact) mass is 405 g/mol. The third-order valence-electron chi connectivity index (χ3n) is 4.55. The molecule has 1 aliphatic rings. The Morgan fingerprint density at radius 3 is 2.36 bits per heavy atom. The van der Waals surface area contributed by atoms with E-state index in [1.54, 1.807) is 12.1 Å². The summed E-state index contributed by atoms with van der Waals surface area (Å²) in [5.74, 6) is -0.223. The summed E-state index contributed by atoms with van der Waals surface area (Å²) in [6, 6.07) is 14.1. The van der Waals surface area contributed by atoms with Gasteiger partial charge in [0.1, 0.15) is 5.82 Å². The molecule has 0 aromatic heterocycles. The van der Waals surface area contributed by atoms with Crippen molar-refractivity contribution in [2.75, 3.05) is 36.4 Å². The summed E-state index contributed by atoms with van der Waals surface area (Å²) < 4.78 is 14.9. The van der Waals surface area contributed by atoms with Gasteiger partial charge in [-0.1, -0.05) is 28.1 Å². The molecule has 1 amide bonds. The highest BCUT2D eigenvalue weighted by Gasteiger charge is 2.26. The van der Waals surface area contributed by atoms with Crippen LogP contribution in [0.5, 0.6) is 0 Å². The van der Waals surface area contributed by atoms with Gasteiger partial charge in [0.15, 0.2) is 0 Å². The highest BCUT2D eigenvalue weighted by Crippen LogP contribution is 2.21. The minimum Gasteiger partial charge on any atom is -0.367 e. The topological polar surface area (TPSA) is 35.6 Å². The molecule has 1 aliphatic heterocycles. The van der Waals surface area contributed by atoms with Crippen LogP contribution in [0.1, 0.15) is 6.92 Å². The number of nitrogens with zero attached hydrogens (tertiary/aromatic N) is 2. The zero-order valence-corrected chi connectivity index (χ0v) is 15.7. The van der Waals surface area contributed by atoms with Crippen LogP contribution in [0.4, 0.5) is 15.8 Å². The molecule has 1 heterocycles. The number of carbonyl (C=O) groups excluding carboxylic acids is 1. The van der Waals surface area contributed by atoms with E-state index in [1.807, 2.05) is 42.2 Å². The lowest BCUT2D eigenvalue weighted by Gasteiger charge is -2.38. The number of anilines is 2. The van der Waals surface area contributed by atoms with Gasteiger partial charge >= 0.3 is 0 Å². The lowest BCUT2D eigenvalue weighted by Crippen LogP contribution is -2.53. The van der Waals surface area contributed by atoms with Gasteiger partial charge in [-0.3, -0.25) is 9.69 Å². The Labute approximate surface area is 155 Å². The minimum atomic E-state index is -0.230. The largest absolute Gasteiger partial charge is 0.367 e. The molecule has 0 radical (unpaired) electrons. The molecule has 1 N–H and O–H groups in total. The molecule has 2 aromatic carbocycles. The van der Waals surface area contributed by atoms with Crippen molar-refractivity contribution in [3.05, 3.63) is 58.8 Å². The van der Waals surface area contributed by atoms with E-state index in [4.69, 9.17) is 0 Å². The Morgan fingerprint density at radius 1 is 1.08 bits per heavy atom. The smallest absolute Gasteiger partial charge is 0.241 e. The predicted molar refractivity (Wildman–Crippen MR) is 102 cm³/mol. The van der Waals surface area contributed by atoms with Crippen molar-refractivity contribution in [3.63, 3.8) is 0 Å². The van der Waals surface area contributed by atoms with E-state index >= 15 is 0 Å². The lowest BCUT2D eigenvalue weighted by molar-refractivity contribution is -0.120. The minimum absolute atomic E-state index is 0.0262. The van der Waals surface area contributed by atoms with Gasteiger partial charge in [0.25, 0.3) is 0 Å². The first-order valence-electron chi connectivity index (χ1n) is 8.34. The number of piperazine rings is 1. The molecule has 0 aliphatic carbocycles. The zero-order chi connectivity index (χ0) is 17.8. The number of nitrogens with one attached hydrogen (secondary N) is 1. The third-order valence-corrected chi connectivity index (χ3v) is 5.07. The Bertz CT molecular complexity index is 730. The molecule has 3 rings (SSSR count). The zero-order valence-electron chi connectivity index (χ0n) is 14.1. The first-order valence-corrected chi connectivity index (χ1v) is 9.14. The number of halogens is 2. The second-order valence-electron chi connectivity index (χ2n) is 6.15. The summed E-state index contributed by atoms with van der Waals surface area (Å²) in [6.45, 7) is 4.77. The van der Waals surface area contributed by atoms with Crippen molar-refractivity contribution < 1.29 is 9.18 Å². The van der Waals surface area contributed by atoms with Gasteiger partial charge in [-0.15, -0.1) is 0 Å². The maximum Gasteiger partial charge on any atom is 0.241 e. The van der Waals surface area contributed by atoms with Crippen molar-refractivity contribution in [1.29, 1.82) is 0 Å². The molecule has 0 bridgehead atoms. The molecule has 1 saturated heterocycles. The van der Waals surface area contributed by atoms with Crippen molar-refractivity contribution in [3.8, 4) is 0 Å². The second kappa shape index (κ2) is 7.97. The van der Waals surface area contributed by atoms with Crippen LogP contribution in [0.3, 0.4) is 0 Å². The molecule has 1 atom stereocenters. The number of rotatable bonds is 4. The molecule has 1 fully saturated rings. The second-order valence-corrected chi connectivity index (χ2v) is 7.06. The third kappa shape index (κ3) is 4.38. The Hall–Kier alpha value is -1.92. The van der Waals surface area contributed by atoms with E-state index in [0.717, 1.165) is 23.2 Å². The Morgan fingerprint density at radius 2 is 1.72 bits per heavy atom. The Balaban J connectivity index is 1.56. The fourth-order valence-corrected chi connectivity index (χ4v) is 3.27. The van der Waals surface area contributed by atoms with E-state index < -0.39 is 0 Å². The number of benzene rings is 2. The number of carbonyl (C=O) groups is 1. The van der Waals surface area contributed by atoms with E-state index in [9.17, 15) is 9.18 Å². The number of hydrogen-bond donors (Lipinski definition) is 1. The highest BCUT2D eigenvalue weighted by molar-refractivity contribution is 9.10. The van der Waals surface area contributed by atoms with Gasteiger partial charge in [0, 0.05) is 36.3 Å². The van der Waals surface area contributed by atoms with Crippen LogP contribution in [0.2, 0.25) is 0 Å². The van der Waals surface area contributed by atoms with Gasteiger partial charge in [0.05, 0.1) is 11.7 Å². The summed E-state index contributed by atoms with van der Waals surface area (Å²) in [6.07, 6.45) is 0. The van der Waals surface area contributed by atoms with Crippen molar-refractivity contribution in [2.45, 2.75) is 13.0 Å². The molecule has 0 spiro atoms. The average Bonchev–Trinajstić information content (AvgIpc) is 2.63. The van der Waals surface area contributed by atoms with Crippen LogP contribution in [-0.2, 0) is 4.79 Å². The molecule has 25 heavy (non-hydrogen) atoms. The van der Waals surface area contributed by atoms with Crippen LogP contribution in [-0.4, -0.2) is 43.0 Å². The molecule has 2 aromatic rings. The highest BCUT2D eigenvalue weighted by atomic mass is 79.9. The number of hydrogen-bond acceptors (Lipinski definition) is 3. The van der Waals surface area contributed by atoms with E-state index in [1.165, 1.54) is 6.07 Å². The molecular formula is C19H21BrFN3O. The molecule has 6 heteroatoms. The van der Waals surface area contributed by atoms with Crippen molar-refractivity contribution >= 4 is 33.2 Å². The van der Waals surface area contributed by atoms with Gasteiger partial charge in [0.2, 0.25) is 5.91 Å². The number of amides is 1. The normalized spacial score (nSPS) is 16.5. The Kier molecular flexibility index (Phi) is 5.71. The maximum absolute atomic E-state index is 13.9. The van der Waals surface area contributed by atoms with Crippen LogP contribution < -0.4 is 10.2 Å². The summed E-state index contributed by atoms with van der Waals surface area (Å²) in [7, 11) is 0. The quantitative estimate of drug-likeness (QED) is 0.841. The van der Waals surface area contributed by atoms with Crippen molar-refractivity contribution in [2.24, 2.45) is 0 Å². The van der Waals surface area contributed by atoms with E-state index in [2.05, 4.69) is 26.1 Å². The first-order chi connectivity index (χ1) is 12.0. The molecular weight excluding hydrogens is 385 g/mol. The molecule has 0 saturated carbocycles. The summed E-state index contributed by atoms with van der Waals surface area (Å²) in [5, 5.41) is 2.94. The fraction of sp³-hybridized carbons (Fsp3) is 0.316.